The zero-order valence-corrected chi connectivity index (χ0v) is 14.7. The summed E-state index contributed by atoms with van der Waals surface area (Å²) in [7, 11) is -0.753. The van der Waals surface area contributed by atoms with Gasteiger partial charge in [-0.25, -0.2) is 8.42 Å². The third-order valence-electron chi connectivity index (χ3n) is 5.20. The van der Waals surface area contributed by atoms with Crippen molar-refractivity contribution in [3.8, 4) is 0 Å². The summed E-state index contributed by atoms with van der Waals surface area (Å²) in [5.74, 6) is 2.08. The van der Waals surface area contributed by atoms with E-state index in [9.17, 15) is 8.42 Å². The van der Waals surface area contributed by atoms with Crippen LogP contribution in [0.25, 0.3) is 0 Å². The van der Waals surface area contributed by atoms with Gasteiger partial charge in [-0.3, -0.25) is 0 Å². The second-order valence-electron chi connectivity index (χ2n) is 7.25. The molecule has 1 rings (SSSR count). The molecule has 0 amide bonds. The Morgan fingerprint density at radius 2 is 1.90 bits per heavy atom. The van der Waals surface area contributed by atoms with Crippen LogP contribution in [0.5, 0.6) is 0 Å². The summed E-state index contributed by atoms with van der Waals surface area (Å²) < 4.78 is 23.2. The molecule has 0 aromatic rings. The van der Waals surface area contributed by atoms with E-state index >= 15 is 0 Å². The second-order valence-corrected chi connectivity index (χ2v) is 9.72. The minimum absolute atomic E-state index is 0.219. The molecule has 1 aliphatic rings. The van der Waals surface area contributed by atoms with Gasteiger partial charge >= 0.3 is 0 Å². The highest BCUT2D eigenvalue weighted by atomic mass is 32.2. The van der Waals surface area contributed by atoms with E-state index in [1.807, 2.05) is 0 Å². The van der Waals surface area contributed by atoms with Crippen LogP contribution in [0, 0.1) is 17.3 Å². The summed E-state index contributed by atoms with van der Waals surface area (Å²) in [6, 6.07) is 0.580. The van der Waals surface area contributed by atoms with Crippen molar-refractivity contribution in [1.29, 1.82) is 0 Å². The molecule has 120 valence electrons. The Balaban J connectivity index is 2.58. The SMILES string of the molecule is CCS(=O)(=O)CCCC(C)(C)C1CCC(C)CC1NC. The van der Waals surface area contributed by atoms with Crippen LogP contribution in [0.1, 0.15) is 59.8 Å². The predicted molar refractivity (Wildman–Crippen MR) is 86.7 cm³/mol. The van der Waals surface area contributed by atoms with Crippen LogP contribution in [0.15, 0.2) is 0 Å². The largest absolute Gasteiger partial charge is 0.317 e. The fourth-order valence-corrected chi connectivity index (χ4v) is 4.59. The first-order valence-electron chi connectivity index (χ1n) is 8.09. The number of nitrogens with one attached hydrogen (secondary N) is 1. The molecule has 0 saturated heterocycles. The van der Waals surface area contributed by atoms with E-state index in [0.29, 0.717) is 17.7 Å². The van der Waals surface area contributed by atoms with Gasteiger partial charge in [-0.05, 0) is 50.0 Å². The zero-order chi connectivity index (χ0) is 15.4. The topological polar surface area (TPSA) is 46.2 Å². The average Bonchev–Trinajstić information content (AvgIpc) is 2.37. The molecular weight excluding hydrogens is 270 g/mol. The highest BCUT2D eigenvalue weighted by Gasteiger charge is 2.37. The molecule has 0 aromatic carbocycles. The lowest BCUT2D eigenvalue weighted by molar-refractivity contribution is 0.0899. The van der Waals surface area contributed by atoms with Gasteiger partial charge in [0.25, 0.3) is 0 Å². The molecule has 0 spiro atoms. The van der Waals surface area contributed by atoms with E-state index in [-0.39, 0.29) is 11.2 Å². The van der Waals surface area contributed by atoms with E-state index < -0.39 is 9.84 Å². The summed E-state index contributed by atoms with van der Waals surface area (Å²) in [5, 5.41) is 3.49. The van der Waals surface area contributed by atoms with E-state index in [4.69, 9.17) is 0 Å². The van der Waals surface area contributed by atoms with Gasteiger partial charge in [0.2, 0.25) is 0 Å². The Morgan fingerprint density at radius 1 is 1.25 bits per heavy atom. The van der Waals surface area contributed by atoms with Gasteiger partial charge in [-0.2, -0.15) is 0 Å². The first-order chi connectivity index (χ1) is 9.22. The predicted octanol–water partition coefficient (Wildman–Crippen LogP) is 3.25. The van der Waals surface area contributed by atoms with Crippen LogP contribution in [-0.4, -0.2) is 33.0 Å². The third-order valence-corrected chi connectivity index (χ3v) is 6.99. The van der Waals surface area contributed by atoms with Crippen molar-refractivity contribution >= 4 is 9.84 Å². The molecule has 0 radical (unpaired) electrons. The quantitative estimate of drug-likeness (QED) is 0.785. The molecule has 3 nitrogen and oxygen atoms in total. The van der Waals surface area contributed by atoms with Gasteiger partial charge in [0.15, 0.2) is 0 Å². The fourth-order valence-electron chi connectivity index (χ4n) is 3.71. The van der Waals surface area contributed by atoms with Crippen molar-refractivity contribution in [2.75, 3.05) is 18.6 Å². The molecule has 0 bridgehead atoms. The van der Waals surface area contributed by atoms with Crippen molar-refractivity contribution in [2.24, 2.45) is 17.3 Å². The van der Waals surface area contributed by atoms with Crippen LogP contribution in [0.4, 0.5) is 0 Å². The molecule has 0 aliphatic heterocycles. The van der Waals surface area contributed by atoms with Crippen LogP contribution >= 0.6 is 0 Å². The lowest BCUT2D eigenvalue weighted by Gasteiger charge is -2.44. The van der Waals surface area contributed by atoms with Crippen molar-refractivity contribution in [3.63, 3.8) is 0 Å². The lowest BCUT2D eigenvalue weighted by Crippen LogP contribution is -2.45. The molecular formula is C16H33NO2S. The molecule has 1 fully saturated rings. The maximum absolute atomic E-state index is 11.6. The van der Waals surface area contributed by atoms with Crippen LogP contribution in [-0.2, 0) is 9.84 Å². The lowest BCUT2D eigenvalue weighted by atomic mass is 9.65. The van der Waals surface area contributed by atoms with E-state index in [2.05, 4.69) is 33.1 Å². The van der Waals surface area contributed by atoms with Gasteiger partial charge in [0.1, 0.15) is 9.84 Å². The summed E-state index contributed by atoms with van der Waals surface area (Å²) in [5.41, 5.74) is 0.219. The molecule has 3 unspecified atom stereocenters. The van der Waals surface area contributed by atoms with Crippen molar-refractivity contribution in [2.45, 2.75) is 65.8 Å². The smallest absolute Gasteiger partial charge is 0.150 e. The van der Waals surface area contributed by atoms with Gasteiger partial charge in [-0.1, -0.05) is 34.1 Å². The maximum Gasteiger partial charge on any atom is 0.150 e. The van der Waals surface area contributed by atoms with Crippen molar-refractivity contribution in [1.82, 2.24) is 5.32 Å². The molecule has 1 N–H and O–H groups in total. The van der Waals surface area contributed by atoms with E-state index in [1.54, 1.807) is 6.92 Å². The minimum atomic E-state index is -2.82. The first-order valence-corrected chi connectivity index (χ1v) is 9.91. The van der Waals surface area contributed by atoms with E-state index in [0.717, 1.165) is 18.8 Å². The molecule has 0 heterocycles. The fraction of sp³-hybridized carbons (Fsp3) is 1.00. The Kier molecular flexibility index (Phi) is 6.52. The standard InChI is InChI=1S/C16H33NO2S/c1-6-20(18,19)11-7-10-16(3,4)14-9-8-13(2)12-15(14)17-5/h13-15,17H,6-12H2,1-5H3. The van der Waals surface area contributed by atoms with Gasteiger partial charge in [-0.15, -0.1) is 0 Å². The third kappa shape index (κ3) is 5.03. The van der Waals surface area contributed by atoms with Gasteiger partial charge in [0.05, 0.1) is 5.75 Å². The highest BCUT2D eigenvalue weighted by molar-refractivity contribution is 7.91. The highest BCUT2D eigenvalue weighted by Crippen LogP contribution is 2.42. The number of rotatable bonds is 7. The average molecular weight is 304 g/mol. The monoisotopic (exact) mass is 303 g/mol. The second kappa shape index (κ2) is 7.26. The molecule has 0 aromatic heterocycles. The van der Waals surface area contributed by atoms with Crippen molar-refractivity contribution in [3.05, 3.63) is 0 Å². The molecule has 1 saturated carbocycles. The Labute approximate surface area is 125 Å². The van der Waals surface area contributed by atoms with Crippen LogP contribution < -0.4 is 5.32 Å². The maximum atomic E-state index is 11.6. The number of sulfone groups is 1. The minimum Gasteiger partial charge on any atom is -0.317 e. The Morgan fingerprint density at radius 3 is 2.45 bits per heavy atom. The summed E-state index contributed by atoms with van der Waals surface area (Å²) in [6.45, 7) is 8.70. The Hall–Kier alpha value is -0.0900. The number of hydrogen-bond acceptors (Lipinski definition) is 3. The Bertz CT molecular complexity index is 389. The van der Waals surface area contributed by atoms with E-state index in [1.165, 1.54) is 19.3 Å². The van der Waals surface area contributed by atoms with Gasteiger partial charge in [0, 0.05) is 11.8 Å². The van der Waals surface area contributed by atoms with Crippen molar-refractivity contribution < 1.29 is 8.42 Å². The van der Waals surface area contributed by atoms with Crippen LogP contribution in [0.3, 0.4) is 0 Å². The molecule has 1 aliphatic carbocycles. The molecule has 4 heteroatoms. The van der Waals surface area contributed by atoms with Gasteiger partial charge < -0.3 is 5.32 Å². The summed E-state index contributed by atoms with van der Waals surface area (Å²) in [6.07, 6.45) is 5.62. The number of hydrogen-bond donors (Lipinski definition) is 1. The van der Waals surface area contributed by atoms with Crippen LogP contribution in [0.2, 0.25) is 0 Å². The summed E-state index contributed by atoms with van der Waals surface area (Å²) in [4.78, 5) is 0. The normalized spacial score (nSPS) is 28.6. The molecule has 3 atom stereocenters. The zero-order valence-electron chi connectivity index (χ0n) is 13.9. The summed E-state index contributed by atoms with van der Waals surface area (Å²) >= 11 is 0. The molecule has 20 heavy (non-hydrogen) atoms. The first kappa shape index (κ1) is 18.0.